The Hall–Kier alpha value is -0.900. The average molecular weight is 179 g/mol. The largest absolute Gasteiger partial charge is 0.343 e. The summed E-state index contributed by atoms with van der Waals surface area (Å²) in [4.78, 5) is 6.59. The van der Waals surface area contributed by atoms with Crippen molar-refractivity contribution in [1.29, 1.82) is 0 Å². The van der Waals surface area contributed by atoms with E-state index in [-0.39, 0.29) is 0 Å². The molecule has 0 amide bonds. The Morgan fingerprint density at radius 1 is 1.31 bits per heavy atom. The summed E-state index contributed by atoms with van der Waals surface area (Å²) in [6, 6.07) is 1.59. The molecule has 0 aliphatic carbocycles. The van der Waals surface area contributed by atoms with Gasteiger partial charge in [0.1, 0.15) is 0 Å². The summed E-state index contributed by atoms with van der Waals surface area (Å²) < 4.78 is 4.73. The van der Waals surface area contributed by atoms with Crippen molar-refractivity contribution in [2.45, 2.75) is 44.3 Å². The highest BCUT2D eigenvalue weighted by Crippen LogP contribution is 2.37. The van der Waals surface area contributed by atoms with E-state index in [0.717, 1.165) is 24.5 Å². The number of fused-ring (bicyclic) bond motifs is 2. The van der Waals surface area contributed by atoms with Crippen LogP contribution in [0.1, 0.15) is 31.5 Å². The maximum Gasteiger partial charge on any atom is 0.213 e. The number of nitrogens with zero attached hydrogens (tertiary/aromatic N) is 3. The summed E-state index contributed by atoms with van der Waals surface area (Å²) in [6.45, 7) is 0.881. The monoisotopic (exact) mass is 179 g/mol. The Bertz CT molecular complexity index is 265. The molecule has 2 aliphatic rings. The fraction of sp³-hybridized carbons (Fsp3) is 0.778. The lowest BCUT2D eigenvalue weighted by Crippen LogP contribution is -2.28. The lowest BCUT2D eigenvalue weighted by atomic mass is 10.0. The summed E-state index contributed by atoms with van der Waals surface area (Å²) in [5, 5.41) is 3.85. The smallest absolute Gasteiger partial charge is 0.213 e. The number of hydrogen-bond donors (Lipinski definition) is 0. The van der Waals surface area contributed by atoms with Crippen molar-refractivity contribution in [2.24, 2.45) is 0 Å². The van der Waals surface area contributed by atoms with Gasteiger partial charge in [0.15, 0.2) is 5.82 Å². The quantitative estimate of drug-likeness (QED) is 0.684. The summed E-state index contributed by atoms with van der Waals surface area (Å²) in [5.74, 6) is 0.832. The maximum atomic E-state index is 4.73. The molecule has 0 saturated carbocycles. The van der Waals surface area contributed by atoms with Crippen molar-refractivity contribution in [3.63, 3.8) is 0 Å². The SMILES string of the molecule is c1nc(CN2C3CCC2CC3)no1. The fourth-order valence-electron chi connectivity index (χ4n) is 2.70. The van der Waals surface area contributed by atoms with Gasteiger partial charge in [0.25, 0.3) is 0 Å². The molecule has 0 atom stereocenters. The molecule has 13 heavy (non-hydrogen) atoms. The highest BCUT2D eigenvalue weighted by atomic mass is 16.5. The van der Waals surface area contributed by atoms with Crippen molar-refractivity contribution in [3.05, 3.63) is 12.2 Å². The second-order valence-electron chi connectivity index (χ2n) is 3.98. The molecule has 0 aromatic carbocycles. The van der Waals surface area contributed by atoms with Crippen molar-refractivity contribution in [2.75, 3.05) is 0 Å². The van der Waals surface area contributed by atoms with Gasteiger partial charge in [-0.2, -0.15) is 4.98 Å². The Kier molecular flexibility index (Phi) is 1.62. The van der Waals surface area contributed by atoms with Gasteiger partial charge in [-0.05, 0) is 25.7 Å². The third-order valence-corrected chi connectivity index (χ3v) is 3.34. The van der Waals surface area contributed by atoms with Crippen LogP contribution in [0.15, 0.2) is 10.9 Å². The van der Waals surface area contributed by atoms with Crippen LogP contribution >= 0.6 is 0 Å². The van der Waals surface area contributed by atoms with Crippen molar-refractivity contribution < 1.29 is 4.52 Å². The molecule has 4 nitrogen and oxygen atoms in total. The second-order valence-corrected chi connectivity index (χ2v) is 3.98. The molecule has 0 radical (unpaired) electrons. The molecule has 2 aliphatic heterocycles. The van der Waals surface area contributed by atoms with Crippen LogP contribution in [0.5, 0.6) is 0 Å². The van der Waals surface area contributed by atoms with E-state index < -0.39 is 0 Å². The zero-order chi connectivity index (χ0) is 8.67. The van der Waals surface area contributed by atoms with Crippen LogP contribution in [0.4, 0.5) is 0 Å². The summed E-state index contributed by atoms with van der Waals surface area (Å²) >= 11 is 0. The van der Waals surface area contributed by atoms with E-state index in [9.17, 15) is 0 Å². The van der Waals surface area contributed by atoms with Gasteiger partial charge in [-0.15, -0.1) is 0 Å². The third-order valence-electron chi connectivity index (χ3n) is 3.34. The molecule has 0 unspecified atom stereocenters. The standard InChI is InChI=1S/C9H13N3O/c1-2-8-4-3-7(1)12(8)5-9-10-6-13-11-9/h6-8H,1-5H2. The summed E-state index contributed by atoms with van der Waals surface area (Å²) in [6.07, 6.45) is 6.86. The minimum Gasteiger partial charge on any atom is -0.343 e. The zero-order valence-corrected chi connectivity index (χ0v) is 7.52. The van der Waals surface area contributed by atoms with E-state index in [1.807, 2.05) is 0 Å². The van der Waals surface area contributed by atoms with Crippen LogP contribution < -0.4 is 0 Å². The highest BCUT2D eigenvalue weighted by Gasteiger charge is 2.39. The van der Waals surface area contributed by atoms with Crippen molar-refractivity contribution in [3.8, 4) is 0 Å². The van der Waals surface area contributed by atoms with Crippen molar-refractivity contribution in [1.82, 2.24) is 15.0 Å². The van der Waals surface area contributed by atoms with Gasteiger partial charge < -0.3 is 4.52 Å². The van der Waals surface area contributed by atoms with Crippen LogP contribution in [-0.2, 0) is 6.54 Å². The first-order valence-corrected chi connectivity index (χ1v) is 4.94. The van der Waals surface area contributed by atoms with Crippen LogP contribution in [0.2, 0.25) is 0 Å². The molecule has 1 aromatic rings. The number of hydrogen-bond acceptors (Lipinski definition) is 4. The number of aromatic nitrogens is 2. The first-order valence-electron chi connectivity index (χ1n) is 4.94. The van der Waals surface area contributed by atoms with E-state index in [0.29, 0.717) is 0 Å². The summed E-state index contributed by atoms with van der Waals surface area (Å²) in [7, 11) is 0. The van der Waals surface area contributed by atoms with Gasteiger partial charge in [0.05, 0.1) is 6.54 Å². The maximum absolute atomic E-state index is 4.73. The molecule has 0 spiro atoms. The Morgan fingerprint density at radius 2 is 2.00 bits per heavy atom. The molecule has 1 aromatic heterocycles. The Morgan fingerprint density at radius 3 is 2.54 bits per heavy atom. The first kappa shape index (κ1) is 7.50. The van der Waals surface area contributed by atoms with Gasteiger partial charge in [0, 0.05) is 12.1 Å². The van der Waals surface area contributed by atoms with Gasteiger partial charge in [-0.1, -0.05) is 5.16 Å². The minimum absolute atomic E-state index is 0.795. The lowest BCUT2D eigenvalue weighted by Gasteiger charge is -2.18. The molecule has 3 heterocycles. The van der Waals surface area contributed by atoms with Crippen molar-refractivity contribution >= 4 is 0 Å². The van der Waals surface area contributed by atoms with Crippen LogP contribution in [0.3, 0.4) is 0 Å². The van der Waals surface area contributed by atoms with Gasteiger partial charge >= 0.3 is 0 Å². The first-order chi connectivity index (χ1) is 6.43. The molecule has 2 bridgehead atoms. The molecule has 2 fully saturated rings. The molecule has 4 heteroatoms. The van der Waals surface area contributed by atoms with E-state index in [1.54, 1.807) is 0 Å². The van der Waals surface area contributed by atoms with E-state index in [2.05, 4.69) is 15.0 Å². The van der Waals surface area contributed by atoms with E-state index >= 15 is 0 Å². The topological polar surface area (TPSA) is 42.2 Å². The lowest BCUT2D eigenvalue weighted by molar-refractivity contribution is 0.234. The molecular weight excluding hydrogens is 166 g/mol. The molecule has 2 saturated heterocycles. The predicted molar refractivity (Wildman–Crippen MR) is 45.9 cm³/mol. The number of rotatable bonds is 2. The zero-order valence-electron chi connectivity index (χ0n) is 7.52. The molecule has 3 rings (SSSR count). The van der Waals surface area contributed by atoms with E-state index in [4.69, 9.17) is 4.52 Å². The molecule has 70 valence electrons. The van der Waals surface area contributed by atoms with Crippen LogP contribution in [-0.4, -0.2) is 27.1 Å². The minimum atomic E-state index is 0.795. The average Bonchev–Trinajstić information content (AvgIpc) is 2.85. The molecule has 0 N–H and O–H groups in total. The van der Waals surface area contributed by atoms with Gasteiger partial charge in [-0.25, -0.2) is 0 Å². The summed E-state index contributed by atoms with van der Waals surface area (Å²) in [5.41, 5.74) is 0. The van der Waals surface area contributed by atoms with Gasteiger partial charge in [0.2, 0.25) is 6.39 Å². The third kappa shape index (κ3) is 1.16. The van der Waals surface area contributed by atoms with E-state index in [1.165, 1.54) is 32.1 Å². The van der Waals surface area contributed by atoms with Gasteiger partial charge in [-0.3, -0.25) is 4.90 Å². The Balaban J connectivity index is 1.73. The molecular formula is C9H13N3O. The fourth-order valence-corrected chi connectivity index (χ4v) is 2.70. The van der Waals surface area contributed by atoms with Crippen LogP contribution in [0, 0.1) is 0 Å². The Labute approximate surface area is 76.9 Å². The normalized spacial score (nSPS) is 32.9. The van der Waals surface area contributed by atoms with Crippen LogP contribution in [0.25, 0.3) is 0 Å². The predicted octanol–water partition coefficient (Wildman–Crippen LogP) is 1.20. The highest BCUT2D eigenvalue weighted by molar-refractivity contribution is 4.96. The second kappa shape index (κ2) is 2.80.